The van der Waals surface area contributed by atoms with E-state index in [0.717, 1.165) is 16.6 Å². The van der Waals surface area contributed by atoms with E-state index >= 15 is 0 Å². The minimum atomic E-state index is -3.74. The number of sulfonamides is 1. The zero-order valence-electron chi connectivity index (χ0n) is 15.5. The Morgan fingerprint density at radius 3 is 2.21 bits per heavy atom. The summed E-state index contributed by atoms with van der Waals surface area (Å²) in [6.45, 7) is 1.39. The van der Waals surface area contributed by atoms with Crippen LogP contribution < -0.4 is 10.0 Å². The van der Waals surface area contributed by atoms with Crippen LogP contribution in [0.2, 0.25) is 0 Å². The van der Waals surface area contributed by atoms with Crippen LogP contribution in [0.4, 0.5) is 11.4 Å². The number of hydrogen-bond acceptors (Lipinski definition) is 4. The molecule has 0 spiro atoms. The Hall–Kier alpha value is -3.65. The quantitative estimate of drug-likeness (QED) is 0.466. The lowest BCUT2D eigenvalue weighted by atomic mass is 10.2. The van der Waals surface area contributed by atoms with Crippen LogP contribution in [0.3, 0.4) is 0 Å². The summed E-state index contributed by atoms with van der Waals surface area (Å²) >= 11 is 0. The average Bonchev–Trinajstić information content (AvgIpc) is 3.12. The van der Waals surface area contributed by atoms with Crippen molar-refractivity contribution in [3.63, 3.8) is 0 Å². The van der Waals surface area contributed by atoms with Gasteiger partial charge in [-0.3, -0.25) is 9.52 Å². The van der Waals surface area contributed by atoms with Gasteiger partial charge in [0, 0.05) is 23.9 Å². The summed E-state index contributed by atoms with van der Waals surface area (Å²) in [5.74, 6) is 0.498. The van der Waals surface area contributed by atoms with Crippen molar-refractivity contribution in [2.75, 3.05) is 10.0 Å². The number of amides is 1. The molecule has 0 atom stereocenters. The molecular weight excluding hydrogens is 388 g/mol. The summed E-state index contributed by atoms with van der Waals surface area (Å²) in [5.41, 5.74) is 3.64. The van der Waals surface area contributed by atoms with Gasteiger partial charge in [0.05, 0.1) is 15.9 Å². The van der Waals surface area contributed by atoms with Gasteiger partial charge in [0.2, 0.25) is 5.91 Å². The summed E-state index contributed by atoms with van der Waals surface area (Å²) in [5, 5.41) is 2.60. The molecule has 4 aromatic rings. The standard InChI is InChI=1S/C21H18N4O3S/c1-14(26)22-16-10-12-18(13-11-16)29(27,28)25-17-8-6-15(7-9-17)21-23-19-4-2-3-5-20(19)24-21/h2-13,25H,1H3,(H,22,26)(H,23,24). The third-order valence-electron chi connectivity index (χ3n) is 4.28. The Morgan fingerprint density at radius 1 is 0.897 bits per heavy atom. The van der Waals surface area contributed by atoms with Gasteiger partial charge in [-0.2, -0.15) is 0 Å². The maximum absolute atomic E-state index is 12.6. The summed E-state index contributed by atoms with van der Waals surface area (Å²) in [6, 6.07) is 20.7. The first-order valence-corrected chi connectivity index (χ1v) is 10.3. The van der Waals surface area contributed by atoms with Crippen molar-refractivity contribution in [2.24, 2.45) is 0 Å². The molecule has 146 valence electrons. The Balaban J connectivity index is 1.52. The van der Waals surface area contributed by atoms with Gasteiger partial charge in [0.1, 0.15) is 5.82 Å². The van der Waals surface area contributed by atoms with Crippen LogP contribution in [0.5, 0.6) is 0 Å². The van der Waals surface area contributed by atoms with E-state index in [2.05, 4.69) is 20.0 Å². The van der Waals surface area contributed by atoms with Gasteiger partial charge in [-0.05, 0) is 60.7 Å². The minimum absolute atomic E-state index is 0.105. The van der Waals surface area contributed by atoms with E-state index in [1.54, 1.807) is 36.4 Å². The van der Waals surface area contributed by atoms with Crippen molar-refractivity contribution in [3.05, 3.63) is 72.8 Å². The number of para-hydroxylation sites is 2. The molecular formula is C21H18N4O3S. The number of nitrogens with one attached hydrogen (secondary N) is 3. The maximum atomic E-state index is 12.6. The zero-order valence-corrected chi connectivity index (χ0v) is 16.3. The third kappa shape index (κ3) is 4.12. The Bertz CT molecular complexity index is 1240. The average molecular weight is 406 g/mol. The molecule has 0 aliphatic heterocycles. The first-order valence-electron chi connectivity index (χ1n) is 8.86. The lowest BCUT2D eigenvalue weighted by Crippen LogP contribution is -2.13. The first kappa shape index (κ1) is 18.7. The molecule has 0 unspecified atom stereocenters. The topological polar surface area (TPSA) is 104 Å². The van der Waals surface area contributed by atoms with E-state index < -0.39 is 10.0 Å². The number of benzene rings is 3. The lowest BCUT2D eigenvalue weighted by Gasteiger charge is -2.09. The second kappa shape index (κ2) is 7.40. The maximum Gasteiger partial charge on any atom is 0.261 e. The summed E-state index contributed by atoms with van der Waals surface area (Å²) in [7, 11) is -3.74. The SMILES string of the molecule is CC(=O)Nc1ccc(S(=O)(=O)Nc2ccc(-c3nc4ccccc4[nH]3)cc2)cc1. The molecule has 1 aromatic heterocycles. The predicted molar refractivity (Wildman–Crippen MR) is 113 cm³/mol. The summed E-state index contributed by atoms with van der Waals surface area (Å²) in [6.07, 6.45) is 0. The van der Waals surface area contributed by atoms with Crippen LogP contribution in [0, 0.1) is 0 Å². The van der Waals surface area contributed by atoms with Crippen LogP contribution in [-0.4, -0.2) is 24.3 Å². The Kier molecular flexibility index (Phi) is 4.77. The molecule has 29 heavy (non-hydrogen) atoms. The van der Waals surface area contributed by atoms with E-state index in [-0.39, 0.29) is 10.8 Å². The van der Waals surface area contributed by atoms with Crippen LogP contribution in [-0.2, 0) is 14.8 Å². The van der Waals surface area contributed by atoms with Gasteiger partial charge in [-0.1, -0.05) is 12.1 Å². The van der Waals surface area contributed by atoms with Crippen LogP contribution in [0.25, 0.3) is 22.4 Å². The highest BCUT2D eigenvalue weighted by Gasteiger charge is 2.14. The molecule has 0 radical (unpaired) electrons. The number of aromatic nitrogens is 2. The Labute approximate surface area is 167 Å². The van der Waals surface area contributed by atoms with Gasteiger partial charge in [0.15, 0.2) is 0 Å². The van der Waals surface area contributed by atoms with Crippen LogP contribution in [0.1, 0.15) is 6.92 Å². The normalized spacial score (nSPS) is 11.3. The molecule has 0 bridgehead atoms. The number of hydrogen-bond donors (Lipinski definition) is 3. The lowest BCUT2D eigenvalue weighted by molar-refractivity contribution is -0.114. The number of rotatable bonds is 5. The fourth-order valence-electron chi connectivity index (χ4n) is 2.92. The number of anilines is 2. The highest BCUT2D eigenvalue weighted by molar-refractivity contribution is 7.92. The first-order chi connectivity index (χ1) is 13.9. The molecule has 0 saturated carbocycles. The summed E-state index contributed by atoms with van der Waals surface area (Å²) in [4.78, 5) is 19.0. The van der Waals surface area contributed by atoms with Crippen molar-refractivity contribution < 1.29 is 13.2 Å². The van der Waals surface area contributed by atoms with E-state index in [1.165, 1.54) is 19.1 Å². The van der Waals surface area contributed by atoms with Crippen molar-refractivity contribution >= 4 is 38.3 Å². The smallest absolute Gasteiger partial charge is 0.261 e. The molecule has 4 rings (SSSR count). The van der Waals surface area contributed by atoms with Crippen molar-refractivity contribution in [2.45, 2.75) is 11.8 Å². The fourth-order valence-corrected chi connectivity index (χ4v) is 3.98. The number of H-pyrrole nitrogens is 1. The minimum Gasteiger partial charge on any atom is -0.338 e. The number of fused-ring (bicyclic) bond motifs is 1. The molecule has 8 heteroatoms. The van der Waals surface area contributed by atoms with E-state index in [9.17, 15) is 13.2 Å². The Morgan fingerprint density at radius 2 is 1.55 bits per heavy atom. The van der Waals surface area contributed by atoms with E-state index in [4.69, 9.17) is 0 Å². The van der Waals surface area contributed by atoms with Crippen LogP contribution in [0.15, 0.2) is 77.7 Å². The van der Waals surface area contributed by atoms with Crippen LogP contribution >= 0.6 is 0 Å². The molecule has 3 aromatic carbocycles. The van der Waals surface area contributed by atoms with Gasteiger partial charge in [-0.15, -0.1) is 0 Å². The van der Waals surface area contributed by atoms with Gasteiger partial charge >= 0.3 is 0 Å². The molecule has 1 amide bonds. The zero-order chi connectivity index (χ0) is 20.4. The van der Waals surface area contributed by atoms with Gasteiger partial charge in [0.25, 0.3) is 10.0 Å². The highest BCUT2D eigenvalue weighted by Crippen LogP contribution is 2.23. The second-order valence-corrected chi connectivity index (χ2v) is 8.17. The molecule has 7 nitrogen and oxygen atoms in total. The molecule has 3 N–H and O–H groups in total. The molecule has 0 aliphatic rings. The van der Waals surface area contributed by atoms with E-state index in [0.29, 0.717) is 17.2 Å². The molecule has 0 aliphatic carbocycles. The van der Waals surface area contributed by atoms with Crippen molar-refractivity contribution in [3.8, 4) is 11.4 Å². The third-order valence-corrected chi connectivity index (χ3v) is 5.68. The molecule has 1 heterocycles. The summed E-state index contributed by atoms with van der Waals surface area (Å²) < 4.78 is 27.7. The van der Waals surface area contributed by atoms with Gasteiger partial charge < -0.3 is 10.3 Å². The number of aromatic amines is 1. The highest BCUT2D eigenvalue weighted by atomic mass is 32.2. The largest absolute Gasteiger partial charge is 0.338 e. The van der Waals surface area contributed by atoms with Crippen molar-refractivity contribution in [1.29, 1.82) is 0 Å². The number of imidazole rings is 1. The number of carbonyl (C=O) groups is 1. The number of nitrogens with zero attached hydrogens (tertiary/aromatic N) is 1. The van der Waals surface area contributed by atoms with E-state index in [1.807, 2.05) is 24.3 Å². The van der Waals surface area contributed by atoms with Crippen molar-refractivity contribution in [1.82, 2.24) is 9.97 Å². The predicted octanol–water partition coefficient (Wildman–Crippen LogP) is 3.99. The monoisotopic (exact) mass is 406 g/mol. The number of carbonyl (C=O) groups excluding carboxylic acids is 1. The van der Waals surface area contributed by atoms with Gasteiger partial charge in [-0.25, -0.2) is 13.4 Å². The second-order valence-electron chi connectivity index (χ2n) is 6.49. The molecule has 0 saturated heterocycles. The fraction of sp³-hybridized carbons (Fsp3) is 0.0476. The molecule has 0 fully saturated rings.